The molecule has 0 heterocycles. The maximum Gasteiger partial charge on any atom is 0.228 e. The lowest BCUT2D eigenvalue weighted by molar-refractivity contribution is -0.119. The second-order valence-corrected chi connectivity index (χ2v) is 5.14. The minimum atomic E-state index is -0.129. The molecule has 1 unspecified atom stereocenters. The topological polar surface area (TPSA) is 50.4 Å². The van der Waals surface area contributed by atoms with Crippen molar-refractivity contribution < 1.29 is 9.53 Å². The Morgan fingerprint density at radius 1 is 1.35 bits per heavy atom. The summed E-state index contributed by atoms with van der Waals surface area (Å²) < 4.78 is 5.65. The van der Waals surface area contributed by atoms with E-state index >= 15 is 0 Å². The number of ether oxygens (including phenoxy) is 1. The largest absolute Gasteiger partial charge is 0.487 e. The predicted octanol–water partition coefficient (Wildman–Crippen LogP) is 3.34. The van der Waals surface area contributed by atoms with E-state index < -0.39 is 0 Å². The van der Waals surface area contributed by atoms with Crippen molar-refractivity contribution in [3.05, 3.63) is 23.2 Å². The summed E-state index contributed by atoms with van der Waals surface area (Å²) in [5, 5.41) is 6.32. The Labute approximate surface area is 131 Å². The van der Waals surface area contributed by atoms with E-state index in [1.807, 2.05) is 27.8 Å². The van der Waals surface area contributed by atoms with Crippen LogP contribution in [0.5, 0.6) is 5.75 Å². The average molecular weight is 321 g/mol. The van der Waals surface area contributed by atoms with Crippen LogP contribution in [-0.4, -0.2) is 25.6 Å². The number of halogens is 2. The smallest absolute Gasteiger partial charge is 0.228 e. The number of amides is 1. The van der Waals surface area contributed by atoms with E-state index in [1.54, 1.807) is 18.2 Å². The van der Waals surface area contributed by atoms with Crippen molar-refractivity contribution >= 4 is 35.6 Å². The van der Waals surface area contributed by atoms with Gasteiger partial charge < -0.3 is 15.4 Å². The normalized spacial score (nSPS) is 11.7. The molecule has 0 saturated heterocycles. The molecule has 6 heteroatoms. The molecule has 114 valence electrons. The van der Waals surface area contributed by atoms with Crippen LogP contribution in [0.15, 0.2) is 18.2 Å². The summed E-state index contributed by atoms with van der Waals surface area (Å²) in [6.07, 6.45) is -0.00900. The number of rotatable bonds is 6. The molecule has 0 saturated carbocycles. The molecule has 0 radical (unpaired) electrons. The summed E-state index contributed by atoms with van der Waals surface area (Å²) in [6, 6.07) is 5.31. The first-order chi connectivity index (χ1) is 8.95. The molecule has 0 aliphatic rings. The summed E-state index contributed by atoms with van der Waals surface area (Å²) in [6.45, 7) is 6.31. The molecule has 20 heavy (non-hydrogen) atoms. The van der Waals surface area contributed by atoms with E-state index in [2.05, 4.69) is 10.6 Å². The highest BCUT2D eigenvalue weighted by Gasteiger charge is 2.16. The van der Waals surface area contributed by atoms with Crippen LogP contribution in [0.25, 0.3) is 0 Å². The zero-order chi connectivity index (χ0) is 14.4. The quantitative estimate of drug-likeness (QED) is 0.845. The molecule has 4 nitrogen and oxygen atoms in total. The number of benzene rings is 1. The molecule has 0 aliphatic heterocycles. The van der Waals surface area contributed by atoms with Crippen molar-refractivity contribution in [3.8, 4) is 5.75 Å². The Hall–Kier alpha value is -0.970. The zero-order valence-corrected chi connectivity index (χ0v) is 13.8. The van der Waals surface area contributed by atoms with E-state index in [0.29, 0.717) is 23.0 Å². The third-order valence-electron chi connectivity index (χ3n) is 2.54. The van der Waals surface area contributed by atoms with Gasteiger partial charge in [-0.05, 0) is 33.0 Å². The van der Waals surface area contributed by atoms with Gasteiger partial charge in [0.05, 0.1) is 16.8 Å². The molecule has 1 aromatic carbocycles. The minimum absolute atomic E-state index is 0. The summed E-state index contributed by atoms with van der Waals surface area (Å²) >= 11 is 6.11. The average Bonchev–Trinajstić information content (AvgIpc) is 2.33. The van der Waals surface area contributed by atoms with Gasteiger partial charge in [0.15, 0.2) is 5.75 Å². The predicted molar refractivity (Wildman–Crippen MR) is 86.2 cm³/mol. The van der Waals surface area contributed by atoms with E-state index in [-0.39, 0.29) is 30.3 Å². The van der Waals surface area contributed by atoms with Crippen LogP contribution < -0.4 is 15.4 Å². The lowest BCUT2D eigenvalue weighted by atomic mass is 10.1. The Bertz CT molecular complexity index is 439. The maximum absolute atomic E-state index is 12.0. The van der Waals surface area contributed by atoms with Gasteiger partial charge in [-0.1, -0.05) is 24.6 Å². The highest BCUT2D eigenvalue weighted by molar-refractivity contribution is 6.32. The van der Waals surface area contributed by atoms with Crippen molar-refractivity contribution in [1.29, 1.82) is 0 Å². The fraction of sp³-hybridized carbons (Fsp3) is 0.500. The third kappa shape index (κ3) is 5.57. The Morgan fingerprint density at radius 2 is 2.00 bits per heavy atom. The van der Waals surface area contributed by atoms with Gasteiger partial charge in [-0.3, -0.25) is 4.79 Å². The first-order valence-corrected chi connectivity index (χ1v) is 6.74. The van der Waals surface area contributed by atoms with Gasteiger partial charge >= 0.3 is 0 Å². The molecule has 1 rings (SSSR count). The lowest BCUT2D eigenvalue weighted by Crippen LogP contribution is -2.28. The van der Waals surface area contributed by atoms with Crippen LogP contribution >= 0.6 is 24.0 Å². The molecule has 0 aliphatic carbocycles. The zero-order valence-electron chi connectivity index (χ0n) is 12.2. The van der Waals surface area contributed by atoms with Gasteiger partial charge in [0.2, 0.25) is 5.91 Å². The molecule has 1 atom stereocenters. The third-order valence-corrected chi connectivity index (χ3v) is 2.83. The Morgan fingerprint density at radius 3 is 2.55 bits per heavy atom. The number of carbonyl (C=O) groups is 1. The van der Waals surface area contributed by atoms with Crippen LogP contribution in [0.4, 0.5) is 5.69 Å². The summed E-state index contributed by atoms with van der Waals surface area (Å²) in [7, 11) is 1.82. The highest BCUT2D eigenvalue weighted by atomic mass is 35.5. The van der Waals surface area contributed by atoms with Crippen LogP contribution in [0.1, 0.15) is 20.8 Å². The van der Waals surface area contributed by atoms with Crippen LogP contribution in [0.2, 0.25) is 5.02 Å². The van der Waals surface area contributed by atoms with Gasteiger partial charge in [-0.25, -0.2) is 0 Å². The number of carbonyl (C=O) groups excluding carboxylic acids is 1. The molecule has 0 aromatic heterocycles. The standard InChI is InChI=1S/C14H21ClN2O2.ClH/c1-9(2)19-13-11(15)6-5-7-12(13)17-14(18)10(3)8-16-4;/h5-7,9-10,16H,8H2,1-4H3,(H,17,18);1H. The fourth-order valence-electron chi connectivity index (χ4n) is 1.62. The Kier molecular flexibility index (Phi) is 8.62. The number of hydrogen-bond donors (Lipinski definition) is 2. The van der Waals surface area contributed by atoms with Crippen molar-refractivity contribution in [1.82, 2.24) is 5.32 Å². The van der Waals surface area contributed by atoms with Gasteiger partial charge in [0.25, 0.3) is 0 Å². The van der Waals surface area contributed by atoms with Crippen molar-refractivity contribution in [3.63, 3.8) is 0 Å². The van der Waals surface area contributed by atoms with E-state index in [9.17, 15) is 4.79 Å². The second-order valence-electron chi connectivity index (χ2n) is 4.73. The molecular weight excluding hydrogens is 299 g/mol. The summed E-state index contributed by atoms with van der Waals surface area (Å²) in [5.41, 5.74) is 0.606. The van der Waals surface area contributed by atoms with Crippen LogP contribution in [0, 0.1) is 5.92 Å². The molecule has 0 spiro atoms. The van der Waals surface area contributed by atoms with E-state index in [4.69, 9.17) is 16.3 Å². The SMILES string of the molecule is CNCC(C)C(=O)Nc1cccc(Cl)c1OC(C)C.Cl. The van der Waals surface area contributed by atoms with Gasteiger partial charge in [0, 0.05) is 12.5 Å². The number of nitrogens with one attached hydrogen (secondary N) is 2. The fourth-order valence-corrected chi connectivity index (χ4v) is 1.84. The maximum atomic E-state index is 12.0. The molecule has 0 fully saturated rings. The number of para-hydroxylation sites is 1. The van der Waals surface area contributed by atoms with Gasteiger partial charge in [-0.15, -0.1) is 12.4 Å². The number of anilines is 1. The monoisotopic (exact) mass is 320 g/mol. The molecular formula is C14H22Cl2N2O2. The van der Waals surface area contributed by atoms with E-state index in [1.165, 1.54) is 0 Å². The molecule has 1 aromatic rings. The van der Waals surface area contributed by atoms with Crippen molar-refractivity contribution in [2.75, 3.05) is 18.9 Å². The number of hydrogen-bond acceptors (Lipinski definition) is 3. The molecule has 1 amide bonds. The Balaban J connectivity index is 0.00000361. The van der Waals surface area contributed by atoms with Crippen LogP contribution in [0.3, 0.4) is 0 Å². The van der Waals surface area contributed by atoms with Crippen molar-refractivity contribution in [2.24, 2.45) is 5.92 Å². The lowest BCUT2D eigenvalue weighted by Gasteiger charge is -2.18. The van der Waals surface area contributed by atoms with Gasteiger partial charge in [0.1, 0.15) is 0 Å². The van der Waals surface area contributed by atoms with Crippen molar-refractivity contribution in [2.45, 2.75) is 26.9 Å². The first-order valence-electron chi connectivity index (χ1n) is 6.36. The molecule has 0 bridgehead atoms. The minimum Gasteiger partial charge on any atom is -0.487 e. The second kappa shape index (κ2) is 9.06. The van der Waals surface area contributed by atoms with E-state index in [0.717, 1.165) is 0 Å². The molecule has 2 N–H and O–H groups in total. The first kappa shape index (κ1) is 19.0. The summed E-state index contributed by atoms with van der Waals surface area (Å²) in [5.74, 6) is 0.324. The van der Waals surface area contributed by atoms with Gasteiger partial charge in [-0.2, -0.15) is 0 Å². The summed E-state index contributed by atoms with van der Waals surface area (Å²) in [4.78, 5) is 12.0. The highest BCUT2D eigenvalue weighted by Crippen LogP contribution is 2.33. The van der Waals surface area contributed by atoms with Crippen LogP contribution in [-0.2, 0) is 4.79 Å².